The number of rotatable bonds is 5. The number of nitrogen functional groups attached to an aromatic ring is 1. The molecule has 1 aliphatic rings. The van der Waals surface area contributed by atoms with Gasteiger partial charge in [-0.05, 0) is 31.7 Å². The number of aromatic nitrogens is 2. The number of hydrogen-bond acceptors (Lipinski definition) is 5. The Bertz CT molecular complexity index is 705. The van der Waals surface area contributed by atoms with Crippen LogP contribution < -0.4 is 17.0 Å². The zero-order valence-electron chi connectivity index (χ0n) is 14.2. The van der Waals surface area contributed by atoms with Crippen molar-refractivity contribution >= 4 is 11.6 Å². The number of hydrogen-bond donors (Lipinski definition) is 1. The van der Waals surface area contributed by atoms with E-state index >= 15 is 0 Å². The molecule has 2 N–H and O–H groups in total. The van der Waals surface area contributed by atoms with E-state index in [2.05, 4.69) is 11.8 Å². The molecule has 1 saturated heterocycles. The van der Waals surface area contributed by atoms with Crippen molar-refractivity contribution in [3.8, 4) is 0 Å². The number of carbonyl (C=O) groups excluding carboxylic acids is 1. The van der Waals surface area contributed by atoms with Gasteiger partial charge in [0, 0.05) is 20.1 Å². The average molecular weight is 322 g/mol. The summed E-state index contributed by atoms with van der Waals surface area (Å²) >= 11 is 0. The highest BCUT2D eigenvalue weighted by atomic mass is 16.2. The summed E-state index contributed by atoms with van der Waals surface area (Å²) in [5.41, 5.74) is 4.85. The van der Waals surface area contributed by atoms with Gasteiger partial charge in [0.05, 0.1) is 6.54 Å². The van der Waals surface area contributed by atoms with Gasteiger partial charge >= 0.3 is 5.69 Å². The highest BCUT2D eigenvalue weighted by Crippen LogP contribution is 2.16. The van der Waals surface area contributed by atoms with Crippen LogP contribution in [0.3, 0.4) is 0 Å². The summed E-state index contributed by atoms with van der Waals surface area (Å²) < 4.78 is 2.28. The van der Waals surface area contributed by atoms with Crippen LogP contribution in [-0.2, 0) is 13.6 Å². The second-order valence-electron chi connectivity index (χ2n) is 6.46. The van der Waals surface area contributed by atoms with Gasteiger partial charge in [0.1, 0.15) is 11.4 Å². The first-order valence-electron chi connectivity index (χ1n) is 8.21. The smallest absolute Gasteiger partial charge is 0.332 e. The Morgan fingerprint density at radius 3 is 2.65 bits per heavy atom. The lowest BCUT2D eigenvalue weighted by Gasteiger charge is -2.30. The Morgan fingerprint density at radius 1 is 1.35 bits per heavy atom. The topological polar surface area (TPSA) is 90.3 Å². The summed E-state index contributed by atoms with van der Waals surface area (Å²) in [7, 11) is 1.38. The summed E-state index contributed by atoms with van der Waals surface area (Å²) in [6, 6.07) is 0. The molecule has 23 heavy (non-hydrogen) atoms. The first-order valence-corrected chi connectivity index (χ1v) is 8.21. The Labute approximate surface area is 135 Å². The molecule has 7 nitrogen and oxygen atoms in total. The van der Waals surface area contributed by atoms with Gasteiger partial charge in [-0.1, -0.05) is 13.8 Å². The van der Waals surface area contributed by atoms with Gasteiger partial charge in [0.2, 0.25) is 0 Å². The van der Waals surface area contributed by atoms with Crippen LogP contribution in [0.2, 0.25) is 0 Å². The van der Waals surface area contributed by atoms with Crippen molar-refractivity contribution in [2.24, 2.45) is 13.0 Å². The number of anilines is 1. The zero-order valence-corrected chi connectivity index (χ0v) is 14.2. The van der Waals surface area contributed by atoms with Crippen LogP contribution >= 0.6 is 0 Å². The molecule has 7 heteroatoms. The van der Waals surface area contributed by atoms with E-state index in [1.807, 2.05) is 6.92 Å². The Balaban J connectivity index is 2.36. The van der Waals surface area contributed by atoms with Crippen LogP contribution in [0.25, 0.3) is 0 Å². The number of nitrogens with two attached hydrogens (primary N) is 1. The molecule has 0 aromatic carbocycles. The van der Waals surface area contributed by atoms with Crippen molar-refractivity contribution in [1.82, 2.24) is 14.0 Å². The molecule has 1 aliphatic heterocycles. The standard InChI is InChI=1S/C16H26N4O3/c1-4-7-20-14(17)13(15(22)18(3)16(20)23)12(21)10-19-8-5-6-11(2)9-19/h11H,4-10,17H2,1-3H3/t11-/m0/s1. The maximum absolute atomic E-state index is 12.6. The molecule has 0 bridgehead atoms. The first-order chi connectivity index (χ1) is 10.9. The minimum absolute atomic E-state index is 0.00462. The fourth-order valence-corrected chi connectivity index (χ4v) is 3.20. The molecule has 1 fully saturated rings. The Kier molecular flexibility index (Phi) is 5.41. The minimum Gasteiger partial charge on any atom is -0.384 e. The van der Waals surface area contributed by atoms with E-state index in [1.54, 1.807) is 0 Å². The van der Waals surface area contributed by atoms with E-state index in [0.717, 1.165) is 30.5 Å². The highest BCUT2D eigenvalue weighted by Gasteiger charge is 2.25. The van der Waals surface area contributed by atoms with Crippen LogP contribution in [0, 0.1) is 5.92 Å². The van der Waals surface area contributed by atoms with Gasteiger partial charge in [0.25, 0.3) is 5.56 Å². The van der Waals surface area contributed by atoms with Crippen molar-refractivity contribution in [2.45, 2.75) is 39.7 Å². The van der Waals surface area contributed by atoms with Crippen LogP contribution in [0.5, 0.6) is 0 Å². The zero-order chi connectivity index (χ0) is 17.1. The van der Waals surface area contributed by atoms with Crippen LogP contribution in [-0.4, -0.2) is 39.5 Å². The van der Waals surface area contributed by atoms with Crippen molar-refractivity contribution in [3.63, 3.8) is 0 Å². The van der Waals surface area contributed by atoms with Crippen LogP contribution in [0.15, 0.2) is 9.59 Å². The molecule has 0 saturated carbocycles. The van der Waals surface area contributed by atoms with Gasteiger partial charge in [-0.25, -0.2) is 4.79 Å². The lowest BCUT2D eigenvalue weighted by atomic mass is 10.00. The van der Waals surface area contributed by atoms with Gasteiger partial charge in [-0.15, -0.1) is 0 Å². The van der Waals surface area contributed by atoms with E-state index in [4.69, 9.17) is 5.73 Å². The normalized spacial score (nSPS) is 19.0. The summed E-state index contributed by atoms with van der Waals surface area (Å²) in [4.78, 5) is 39.2. The third-order valence-corrected chi connectivity index (χ3v) is 4.42. The fourth-order valence-electron chi connectivity index (χ4n) is 3.20. The van der Waals surface area contributed by atoms with Gasteiger partial charge < -0.3 is 5.73 Å². The maximum atomic E-state index is 12.6. The van der Waals surface area contributed by atoms with E-state index < -0.39 is 11.2 Å². The summed E-state index contributed by atoms with van der Waals surface area (Å²) in [5.74, 6) is 0.239. The number of ketones is 1. The predicted octanol–water partition coefficient (Wildman–Crippen LogP) is 0.454. The van der Waals surface area contributed by atoms with Gasteiger partial charge in [-0.2, -0.15) is 0 Å². The first kappa shape index (κ1) is 17.5. The van der Waals surface area contributed by atoms with E-state index in [0.29, 0.717) is 18.9 Å². The third kappa shape index (κ3) is 3.55. The third-order valence-electron chi connectivity index (χ3n) is 4.42. The monoisotopic (exact) mass is 322 g/mol. The summed E-state index contributed by atoms with van der Waals surface area (Å²) in [6.45, 7) is 6.33. The van der Waals surface area contributed by atoms with Gasteiger partial charge in [0.15, 0.2) is 5.78 Å². The molecule has 0 spiro atoms. The molecule has 2 rings (SSSR count). The van der Waals surface area contributed by atoms with Crippen molar-refractivity contribution < 1.29 is 4.79 Å². The molecule has 1 aromatic heterocycles. The molecule has 0 aliphatic carbocycles. The lowest BCUT2D eigenvalue weighted by molar-refractivity contribution is 0.0891. The van der Waals surface area contributed by atoms with Gasteiger partial charge in [-0.3, -0.25) is 23.6 Å². The Hall–Kier alpha value is -1.89. The SMILES string of the molecule is CCCn1c(N)c(C(=O)CN2CCC[C@H](C)C2)c(=O)n(C)c1=O. The predicted molar refractivity (Wildman–Crippen MR) is 89.8 cm³/mol. The minimum atomic E-state index is -0.602. The number of Topliss-reactive ketones (excluding diaryl/α,β-unsaturated/α-hetero) is 1. The number of likely N-dealkylation sites (tertiary alicyclic amines) is 1. The van der Waals surface area contributed by atoms with E-state index in [-0.39, 0.29) is 23.7 Å². The number of carbonyl (C=O) groups is 1. The summed E-state index contributed by atoms with van der Waals surface area (Å²) in [6.07, 6.45) is 2.91. The molecule has 0 radical (unpaired) electrons. The molecular weight excluding hydrogens is 296 g/mol. The molecule has 0 unspecified atom stereocenters. The second-order valence-corrected chi connectivity index (χ2v) is 6.46. The number of piperidine rings is 1. The van der Waals surface area contributed by atoms with E-state index in [9.17, 15) is 14.4 Å². The van der Waals surface area contributed by atoms with Crippen molar-refractivity contribution in [1.29, 1.82) is 0 Å². The second kappa shape index (κ2) is 7.12. The number of nitrogens with zero attached hydrogens (tertiary/aromatic N) is 3. The van der Waals surface area contributed by atoms with Crippen molar-refractivity contribution in [2.75, 3.05) is 25.4 Å². The summed E-state index contributed by atoms with van der Waals surface area (Å²) in [5, 5.41) is 0. The Morgan fingerprint density at radius 2 is 2.04 bits per heavy atom. The van der Waals surface area contributed by atoms with Crippen LogP contribution in [0.1, 0.15) is 43.5 Å². The molecule has 1 atom stereocenters. The fraction of sp³-hybridized carbons (Fsp3) is 0.688. The van der Waals surface area contributed by atoms with Crippen molar-refractivity contribution in [3.05, 3.63) is 26.4 Å². The molecule has 128 valence electrons. The largest absolute Gasteiger partial charge is 0.384 e. The lowest BCUT2D eigenvalue weighted by Crippen LogP contribution is -2.45. The maximum Gasteiger partial charge on any atom is 0.332 e. The molecule has 1 aromatic rings. The molecular formula is C16H26N4O3. The highest BCUT2D eigenvalue weighted by molar-refractivity contribution is 6.01. The average Bonchev–Trinajstić information content (AvgIpc) is 2.49. The molecule has 2 heterocycles. The van der Waals surface area contributed by atoms with Crippen LogP contribution in [0.4, 0.5) is 5.82 Å². The molecule has 0 amide bonds. The van der Waals surface area contributed by atoms with E-state index in [1.165, 1.54) is 11.6 Å². The quantitative estimate of drug-likeness (QED) is 0.795.